The second-order valence-electron chi connectivity index (χ2n) is 5.84. The zero-order chi connectivity index (χ0) is 14.1. The molecule has 0 saturated carbocycles. The van der Waals surface area contributed by atoms with Gasteiger partial charge in [-0.15, -0.1) is 0 Å². The Morgan fingerprint density at radius 1 is 1.20 bits per heavy atom. The van der Waals surface area contributed by atoms with Gasteiger partial charge in [-0.2, -0.15) is 0 Å². The number of hydrogen-bond acceptors (Lipinski definition) is 4. The number of fused-ring (bicyclic) bond motifs is 4. The quantitative estimate of drug-likeness (QED) is 0.647. The number of nitrogens with zero attached hydrogens (tertiary/aromatic N) is 2. The molecule has 1 aromatic carbocycles. The van der Waals surface area contributed by atoms with Gasteiger partial charge in [0.15, 0.2) is 5.72 Å². The van der Waals surface area contributed by atoms with Crippen molar-refractivity contribution in [3.63, 3.8) is 0 Å². The van der Waals surface area contributed by atoms with Crippen molar-refractivity contribution in [3.8, 4) is 0 Å². The first-order chi connectivity index (χ1) is 9.57. The van der Waals surface area contributed by atoms with Crippen molar-refractivity contribution >= 4 is 11.8 Å². The van der Waals surface area contributed by atoms with Gasteiger partial charge in [-0.25, -0.2) is 0 Å². The minimum atomic E-state index is -0.765. The standard InChI is InChI=1S/C15H16N2O3/c1-16-7-10-12(14(19)17(2)13(10)18)15(16)11-6-4-3-5-9(11)8-20-15/h3-6,10,12H,7-8H2,1-2H3/t10?,12?,15-/m0/s1. The third-order valence-electron chi connectivity index (χ3n) is 4.96. The minimum absolute atomic E-state index is 0.0864. The second-order valence-corrected chi connectivity index (χ2v) is 5.84. The Hall–Kier alpha value is -1.72. The van der Waals surface area contributed by atoms with Crippen molar-refractivity contribution in [1.82, 2.24) is 9.80 Å². The molecule has 5 nitrogen and oxygen atoms in total. The van der Waals surface area contributed by atoms with E-state index in [-0.39, 0.29) is 17.7 Å². The highest BCUT2D eigenvalue weighted by Crippen LogP contribution is 2.54. The lowest BCUT2D eigenvalue weighted by molar-refractivity contribution is -0.167. The van der Waals surface area contributed by atoms with Crippen LogP contribution in [0, 0.1) is 11.8 Å². The summed E-state index contributed by atoms with van der Waals surface area (Å²) < 4.78 is 6.09. The van der Waals surface area contributed by atoms with E-state index in [4.69, 9.17) is 4.74 Å². The molecule has 2 saturated heterocycles. The average molecular weight is 272 g/mol. The number of ether oxygens (including phenoxy) is 1. The van der Waals surface area contributed by atoms with Crippen LogP contribution >= 0.6 is 0 Å². The maximum Gasteiger partial charge on any atom is 0.237 e. The van der Waals surface area contributed by atoms with Gasteiger partial charge in [0.1, 0.15) is 0 Å². The summed E-state index contributed by atoms with van der Waals surface area (Å²) in [6.07, 6.45) is 0. The van der Waals surface area contributed by atoms with Gasteiger partial charge in [-0.05, 0) is 12.6 Å². The summed E-state index contributed by atoms with van der Waals surface area (Å²) in [7, 11) is 3.50. The molecule has 0 bridgehead atoms. The smallest absolute Gasteiger partial charge is 0.237 e. The van der Waals surface area contributed by atoms with E-state index in [1.807, 2.05) is 36.2 Å². The molecule has 0 radical (unpaired) electrons. The number of rotatable bonds is 0. The van der Waals surface area contributed by atoms with Gasteiger partial charge in [0.05, 0.1) is 18.4 Å². The topological polar surface area (TPSA) is 49.9 Å². The summed E-state index contributed by atoms with van der Waals surface area (Å²) >= 11 is 0. The number of amides is 2. The maximum absolute atomic E-state index is 12.5. The highest BCUT2D eigenvalue weighted by Gasteiger charge is 2.66. The van der Waals surface area contributed by atoms with E-state index in [1.54, 1.807) is 7.05 Å². The van der Waals surface area contributed by atoms with Gasteiger partial charge in [0, 0.05) is 19.2 Å². The van der Waals surface area contributed by atoms with Crippen molar-refractivity contribution in [2.45, 2.75) is 12.3 Å². The molecule has 3 heterocycles. The van der Waals surface area contributed by atoms with Crippen LogP contribution in [-0.2, 0) is 26.7 Å². The van der Waals surface area contributed by atoms with Crippen LogP contribution in [0.3, 0.4) is 0 Å². The summed E-state index contributed by atoms with van der Waals surface area (Å²) in [5.41, 5.74) is 1.37. The number of benzene rings is 1. The van der Waals surface area contributed by atoms with Crippen LogP contribution in [0.15, 0.2) is 24.3 Å². The van der Waals surface area contributed by atoms with Crippen LogP contribution in [0.25, 0.3) is 0 Å². The van der Waals surface area contributed by atoms with E-state index in [1.165, 1.54) is 4.90 Å². The van der Waals surface area contributed by atoms with E-state index in [0.29, 0.717) is 13.2 Å². The molecule has 0 aliphatic carbocycles. The molecule has 3 aliphatic heterocycles. The Kier molecular flexibility index (Phi) is 2.22. The Labute approximate surface area is 117 Å². The monoisotopic (exact) mass is 272 g/mol. The molecule has 104 valence electrons. The molecule has 3 aliphatic rings. The Morgan fingerprint density at radius 2 is 1.95 bits per heavy atom. The lowest BCUT2D eigenvalue weighted by Gasteiger charge is -2.35. The number of imide groups is 1. The molecule has 2 amide bonds. The number of carbonyl (C=O) groups excluding carboxylic acids is 2. The molecular weight excluding hydrogens is 256 g/mol. The molecule has 2 fully saturated rings. The van der Waals surface area contributed by atoms with Gasteiger partial charge in [-0.3, -0.25) is 19.4 Å². The van der Waals surface area contributed by atoms with Gasteiger partial charge < -0.3 is 4.74 Å². The van der Waals surface area contributed by atoms with Crippen LogP contribution in [0.1, 0.15) is 11.1 Å². The molecule has 0 aromatic heterocycles. The van der Waals surface area contributed by atoms with Crippen molar-refractivity contribution in [1.29, 1.82) is 0 Å². The largest absolute Gasteiger partial charge is 0.351 e. The fourth-order valence-corrected chi connectivity index (χ4v) is 4.01. The van der Waals surface area contributed by atoms with Crippen LogP contribution < -0.4 is 0 Å². The SMILES string of the molecule is CN1C(=O)C2CN(C)[C@@]3(OCc4ccccc43)C2C1=O. The highest BCUT2D eigenvalue weighted by atomic mass is 16.5. The van der Waals surface area contributed by atoms with Crippen LogP contribution in [0.5, 0.6) is 0 Å². The molecule has 2 unspecified atom stereocenters. The summed E-state index contributed by atoms with van der Waals surface area (Å²) in [6.45, 7) is 1.06. The summed E-state index contributed by atoms with van der Waals surface area (Å²) in [4.78, 5) is 28.0. The third-order valence-corrected chi connectivity index (χ3v) is 4.96. The van der Waals surface area contributed by atoms with E-state index in [9.17, 15) is 9.59 Å². The average Bonchev–Trinajstić information content (AvgIpc) is 3.04. The number of carbonyl (C=O) groups is 2. The number of hydrogen-bond donors (Lipinski definition) is 0. The molecular formula is C15H16N2O3. The van der Waals surface area contributed by atoms with E-state index >= 15 is 0 Å². The Bertz CT molecular complexity index is 629. The van der Waals surface area contributed by atoms with Crippen LogP contribution in [-0.4, -0.2) is 42.3 Å². The fourth-order valence-electron chi connectivity index (χ4n) is 4.01. The zero-order valence-electron chi connectivity index (χ0n) is 11.5. The molecule has 1 aromatic rings. The first-order valence-corrected chi connectivity index (χ1v) is 6.82. The Balaban J connectivity index is 1.91. The van der Waals surface area contributed by atoms with E-state index in [0.717, 1.165) is 11.1 Å². The predicted octanol–water partition coefficient (Wildman–Crippen LogP) is 0.546. The normalized spacial score (nSPS) is 36.0. The summed E-state index contributed by atoms with van der Waals surface area (Å²) in [5.74, 6) is -0.921. The van der Waals surface area contributed by atoms with Crippen molar-refractivity contribution < 1.29 is 14.3 Å². The van der Waals surface area contributed by atoms with Crippen LogP contribution in [0.2, 0.25) is 0 Å². The molecule has 3 atom stereocenters. The van der Waals surface area contributed by atoms with Crippen LogP contribution in [0.4, 0.5) is 0 Å². The van der Waals surface area contributed by atoms with Gasteiger partial charge in [0.2, 0.25) is 11.8 Å². The Morgan fingerprint density at radius 3 is 2.75 bits per heavy atom. The van der Waals surface area contributed by atoms with Crippen molar-refractivity contribution in [2.75, 3.05) is 20.6 Å². The molecule has 20 heavy (non-hydrogen) atoms. The maximum atomic E-state index is 12.5. The zero-order valence-corrected chi connectivity index (χ0v) is 11.5. The predicted molar refractivity (Wildman–Crippen MR) is 70.3 cm³/mol. The molecule has 0 N–H and O–H groups in total. The highest BCUT2D eigenvalue weighted by molar-refractivity contribution is 6.06. The lowest BCUT2D eigenvalue weighted by Crippen LogP contribution is -2.47. The minimum Gasteiger partial charge on any atom is -0.351 e. The van der Waals surface area contributed by atoms with Crippen molar-refractivity contribution in [2.24, 2.45) is 11.8 Å². The van der Waals surface area contributed by atoms with Gasteiger partial charge in [0.25, 0.3) is 0 Å². The molecule has 1 spiro atoms. The van der Waals surface area contributed by atoms with E-state index < -0.39 is 11.6 Å². The first kappa shape index (κ1) is 12.1. The summed E-state index contributed by atoms with van der Waals surface area (Å²) in [6, 6.07) is 7.97. The van der Waals surface area contributed by atoms with Crippen molar-refractivity contribution in [3.05, 3.63) is 35.4 Å². The fraction of sp³-hybridized carbons (Fsp3) is 0.467. The van der Waals surface area contributed by atoms with Gasteiger partial charge >= 0.3 is 0 Å². The second kappa shape index (κ2) is 3.68. The third kappa shape index (κ3) is 1.16. The van der Waals surface area contributed by atoms with Gasteiger partial charge in [-0.1, -0.05) is 24.3 Å². The lowest BCUT2D eigenvalue weighted by atomic mass is 9.85. The van der Waals surface area contributed by atoms with E-state index in [2.05, 4.69) is 0 Å². The number of likely N-dealkylation sites (tertiary alicyclic amines) is 2. The summed E-state index contributed by atoms with van der Waals surface area (Å²) in [5, 5.41) is 0. The molecule has 5 heteroatoms. The molecule has 4 rings (SSSR count). The first-order valence-electron chi connectivity index (χ1n) is 6.82.